The molecule has 0 saturated carbocycles. The van der Waals surface area contributed by atoms with Gasteiger partial charge in [-0.2, -0.15) is 15.0 Å². The van der Waals surface area contributed by atoms with E-state index in [4.69, 9.17) is 5.84 Å². The molecule has 0 spiro atoms. The highest BCUT2D eigenvalue weighted by atomic mass is 15.4. The average molecular weight is 288 g/mol. The summed E-state index contributed by atoms with van der Waals surface area (Å²) in [5.41, 5.74) is 4.38. The summed E-state index contributed by atoms with van der Waals surface area (Å²) in [4.78, 5) is 16.5. The van der Waals surface area contributed by atoms with E-state index in [1.165, 1.54) is 0 Å². The van der Waals surface area contributed by atoms with Crippen LogP contribution in [0.5, 0.6) is 0 Å². The van der Waals surface area contributed by atoms with Gasteiger partial charge in [0.05, 0.1) is 11.4 Å². The molecule has 0 amide bonds. The molecule has 0 aliphatic rings. The van der Waals surface area contributed by atoms with Crippen molar-refractivity contribution in [3.05, 3.63) is 24.3 Å². The van der Waals surface area contributed by atoms with Crippen molar-refractivity contribution in [1.82, 2.24) is 15.0 Å². The molecule has 112 valence electrons. The number of hydrazine groups is 1. The van der Waals surface area contributed by atoms with Crippen molar-refractivity contribution < 1.29 is 0 Å². The molecule has 0 aliphatic carbocycles. The zero-order chi connectivity index (χ0) is 15.4. The number of nitrogens with one attached hydrogen (secondary N) is 2. The highest BCUT2D eigenvalue weighted by molar-refractivity contribution is 5.73. The fourth-order valence-electron chi connectivity index (χ4n) is 1.77. The first-order valence-electron chi connectivity index (χ1n) is 6.44. The molecule has 8 heteroatoms. The maximum Gasteiger partial charge on any atom is 0.243 e. The van der Waals surface area contributed by atoms with Crippen molar-refractivity contribution in [2.75, 3.05) is 48.7 Å². The van der Waals surface area contributed by atoms with Crippen LogP contribution in [-0.4, -0.2) is 43.1 Å². The van der Waals surface area contributed by atoms with E-state index < -0.39 is 0 Å². The van der Waals surface area contributed by atoms with Crippen LogP contribution in [0, 0.1) is 0 Å². The Kier molecular flexibility index (Phi) is 4.39. The van der Waals surface area contributed by atoms with E-state index in [-0.39, 0.29) is 0 Å². The monoisotopic (exact) mass is 288 g/mol. The summed E-state index contributed by atoms with van der Waals surface area (Å²) in [7, 11) is 7.67. The van der Waals surface area contributed by atoms with E-state index in [2.05, 4.69) is 25.7 Å². The van der Waals surface area contributed by atoms with Crippen LogP contribution in [0.3, 0.4) is 0 Å². The topological polar surface area (TPSA) is 95.2 Å². The minimum atomic E-state index is 0.304. The molecular weight excluding hydrogens is 268 g/mol. The van der Waals surface area contributed by atoms with Gasteiger partial charge in [0.1, 0.15) is 0 Å². The summed E-state index contributed by atoms with van der Waals surface area (Å²) in [6, 6.07) is 7.90. The van der Waals surface area contributed by atoms with Gasteiger partial charge in [0, 0.05) is 28.2 Å². The number of aromatic nitrogens is 3. The van der Waals surface area contributed by atoms with Gasteiger partial charge in [-0.1, -0.05) is 12.1 Å². The van der Waals surface area contributed by atoms with Crippen molar-refractivity contribution in [2.45, 2.75) is 0 Å². The maximum atomic E-state index is 5.40. The lowest BCUT2D eigenvalue weighted by molar-refractivity contribution is 0.956. The van der Waals surface area contributed by atoms with Crippen molar-refractivity contribution in [2.24, 2.45) is 5.84 Å². The van der Waals surface area contributed by atoms with E-state index in [9.17, 15) is 0 Å². The second-order valence-electron chi connectivity index (χ2n) is 4.86. The first-order chi connectivity index (χ1) is 10.0. The van der Waals surface area contributed by atoms with Crippen molar-refractivity contribution in [3.8, 4) is 0 Å². The van der Waals surface area contributed by atoms with Crippen LogP contribution in [0.2, 0.25) is 0 Å². The number of hydrogen-bond acceptors (Lipinski definition) is 8. The van der Waals surface area contributed by atoms with Gasteiger partial charge in [-0.3, -0.25) is 5.43 Å². The Balaban J connectivity index is 2.37. The molecule has 2 aromatic rings. The van der Waals surface area contributed by atoms with E-state index in [0.29, 0.717) is 17.8 Å². The van der Waals surface area contributed by atoms with Gasteiger partial charge in [-0.05, 0) is 12.1 Å². The highest BCUT2D eigenvalue weighted by Gasteiger charge is 2.10. The van der Waals surface area contributed by atoms with E-state index >= 15 is 0 Å². The van der Waals surface area contributed by atoms with Crippen LogP contribution in [0.25, 0.3) is 0 Å². The second kappa shape index (κ2) is 6.23. The number of anilines is 5. The van der Waals surface area contributed by atoms with Gasteiger partial charge in [0.2, 0.25) is 17.8 Å². The Morgan fingerprint density at radius 3 is 2.19 bits per heavy atom. The molecule has 0 fully saturated rings. The lowest BCUT2D eigenvalue weighted by Crippen LogP contribution is -2.18. The number of nitrogens with two attached hydrogens (primary N) is 1. The molecule has 0 radical (unpaired) electrons. The van der Waals surface area contributed by atoms with Crippen LogP contribution in [0.1, 0.15) is 0 Å². The van der Waals surface area contributed by atoms with Crippen LogP contribution in [-0.2, 0) is 0 Å². The zero-order valence-corrected chi connectivity index (χ0v) is 12.6. The number of para-hydroxylation sites is 2. The second-order valence-corrected chi connectivity index (χ2v) is 4.86. The predicted octanol–water partition coefficient (Wildman–Crippen LogP) is 1.03. The number of benzene rings is 1. The van der Waals surface area contributed by atoms with E-state index in [1.807, 2.05) is 57.4 Å². The summed E-state index contributed by atoms with van der Waals surface area (Å²) in [6.07, 6.45) is 0. The van der Waals surface area contributed by atoms with E-state index in [0.717, 1.165) is 11.4 Å². The lowest BCUT2D eigenvalue weighted by atomic mass is 10.2. The summed E-state index contributed by atoms with van der Waals surface area (Å²) in [6.45, 7) is 0. The largest absolute Gasteiger partial charge is 0.376 e. The Bertz CT molecular complexity index is 611. The van der Waals surface area contributed by atoms with E-state index in [1.54, 1.807) is 4.90 Å². The van der Waals surface area contributed by atoms with Gasteiger partial charge in [-0.25, -0.2) is 5.84 Å². The molecule has 8 nitrogen and oxygen atoms in total. The minimum absolute atomic E-state index is 0.304. The number of nitrogen functional groups attached to an aromatic ring is 1. The Hall–Kier alpha value is -2.61. The third kappa shape index (κ3) is 3.48. The molecule has 21 heavy (non-hydrogen) atoms. The quantitative estimate of drug-likeness (QED) is 0.555. The van der Waals surface area contributed by atoms with Gasteiger partial charge >= 0.3 is 0 Å². The molecule has 0 unspecified atom stereocenters. The van der Waals surface area contributed by atoms with Crippen molar-refractivity contribution in [3.63, 3.8) is 0 Å². The molecule has 1 aromatic carbocycles. The third-order valence-corrected chi connectivity index (χ3v) is 2.79. The summed E-state index contributed by atoms with van der Waals surface area (Å²) in [5.74, 6) is 6.65. The summed E-state index contributed by atoms with van der Waals surface area (Å²) >= 11 is 0. The fraction of sp³-hybridized carbons (Fsp3) is 0.308. The smallest absolute Gasteiger partial charge is 0.243 e. The molecule has 0 atom stereocenters. The van der Waals surface area contributed by atoms with Crippen LogP contribution in [0.15, 0.2) is 24.3 Å². The predicted molar refractivity (Wildman–Crippen MR) is 86.0 cm³/mol. The molecule has 0 bridgehead atoms. The van der Waals surface area contributed by atoms with Crippen molar-refractivity contribution >= 4 is 29.2 Å². The van der Waals surface area contributed by atoms with Crippen LogP contribution >= 0.6 is 0 Å². The zero-order valence-electron chi connectivity index (χ0n) is 12.6. The van der Waals surface area contributed by atoms with Crippen LogP contribution in [0.4, 0.5) is 29.2 Å². The average Bonchev–Trinajstić information content (AvgIpc) is 2.47. The molecule has 1 heterocycles. The van der Waals surface area contributed by atoms with Gasteiger partial charge in [0.15, 0.2) is 0 Å². The normalized spacial score (nSPS) is 10.1. The van der Waals surface area contributed by atoms with Gasteiger partial charge in [-0.15, -0.1) is 0 Å². The highest BCUT2D eigenvalue weighted by Crippen LogP contribution is 2.26. The Morgan fingerprint density at radius 2 is 1.57 bits per heavy atom. The molecular formula is C13H20N8. The number of nitrogens with zero attached hydrogens (tertiary/aromatic N) is 5. The Morgan fingerprint density at radius 1 is 0.905 bits per heavy atom. The standard InChI is InChI=1S/C13H20N8/c1-20(2)10-8-6-5-7-9(10)15-11-16-12(19-14)18-13(17-11)21(3)4/h5-8H,14H2,1-4H3,(H2,15,16,17,18,19). The first kappa shape index (κ1) is 14.8. The molecule has 2 rings (SSSR count). The number of hydrogen-bond donors (Lipinski definition) is 3. The fourth-order valence-corrected chi connectivity index (χ4v) is 1.77. The third-order valence-electron chi connectivity index (χ3n) is 2.79. The lowest BCUT2D eigenvalue weighted by Gasteiger charge is -2.18. The molecule has 4 N–H and O–H groups in total. The SMILES string of the molecule is CN(C)c1nc(NN)nc(Nc2ccccc2N(C)C)n1. The van der Waals surface area contributed by atoms with Crippen molar-refractivity contribution in [1.29, 1.82) is 0 Å². The Labute approximate surface area is 124 Å². The minimum Gasteiger partial charge on any atom is -0.376 e. The number of rotatable bonds is 5. The van der Waals surface area contributed by atoms with Gasteiger partial charge in [0.25, 0.3) is 0 Å². The first-order valence-corrected chi connectivity index (χ1v) is 6.44. The summed E-state index contributed by atoms with van der Waals surface area (Å²) < 4.78 is 0. The molecule has 0 saturated heterocycles. The molecule has 0 aliphatic heterocycles. The maximum absolute atomic E-state index is 5.40. The van der Waals surface area contributed by atoms with Crippen LogP contribution < -0.4 is 26.4 Å². The molecule has 1 aromatic heterocycles. The summed E-state index contributed by atoms with van der Waals surface area (Å²) in [5, 5.41) is 3.20. The van der Waals surface area contributed by atoms with Gasteiger partial charge < -0.3 is 15.1 Å².